The maximum Gasteiger partial charge on any atom is 0.290 e. The Bertz CT molecular complexity index is 1010. The number of nitrogens with one attached hydrogen (secondary N) is 1. The van der Waals surface area contributed by atoms with E-state index in [1.165, 1.54) is 5.56 Å². The number of anilines is 1. The normalized spacial score (nSPS) is 14.6. The lowest BCUT2D eigenvalue weighted by Crippen LogP contribution is -2.46. The number of carboxylic acid groups (broad SMARTS) is 1. The van der Waals surface area contributed by atoms with Crippen LogP contribution in [0.1, 0.15) is 30.5 Å². The average molecular weight is 469 g/mol. The molecule has 2 N–H and O–H groups in total. The fourth-order valence-corrected chi connectivity index (χ4v) is 4.86. The molecule has 2 aromatic heterocycles. The lowest BCUT2D eigenvalue weighted by Gasteiger charge is -2.41. The fourth-order valence-electron chi connectivity index (χ4n) is 4.04. The molecular weight excluding hydrogens is 440 g/mol. The standard InChI is InChI=1S/C22H26N6OS.CH2O2/c1-2-11-23-21-26-19(15-30-21)22(18-6-4-3-5-7-18)9-13-28(14-10-22)20(29)8-12-27-16-24-25-17-27;2-1-3/h2-7,15-17H,1,8-14H2,(H,23,26);1H,(H,2,3). The zero-order chi connectivity index (χ0) is 23.5. The number of aromatic nitrogens is 4. The van der Waals surface area contributed by atoms with Gasteiger partial charge in [0.2, 0.25) is 5.91 Å². The summed E-state index contributed by atoms with van der Waals surface area (Å²) in [6.07, 6.45) is 7.30. The Morgan fingerprint density at radius 1 is 1.21 bits per heavy atom. The molecule has 0 atom stereocenters. The van der Waals surface area contributed by atoms with Crippen LogP contribution in [-0.4, -0.2) is 61.8 Å². The quantitative estimate of drug-likeness (QED) is 0.386. The Morgan fingerprint density at radius 3 is 2.52 bits per heavy atom. The van der Waals surface area contributed by atoms with Crippen molar-refractivity contribution in [3.05, 3.63) is 72.3 Å². The van der Waals surface area contributed by atoms with Gasteiger partial charge in [0.1, 0.15) is 12.7 Å². The van der Waals surface area contributed by atoms with Crippen LogP contribution in [0.4, 0.5) is 5.13 Å². The Labute approximate surface area is 196 Å². The Morgan fingerprint density at radius 2 is 1.88 bits per heavy atom. The van der Waals surface area contributed by atoms with Gasteiger partial charge in [0, 0.05) is 43.4 Å². The van der Waals surface area contributed by atoms with Crippen molar-refractivity contribution in [2.24, 2.45) is 0 Å². The first-order valence-corrected chi connectivity index (χ1v) is 11.5. The maximum absolute atomic E-state index is 12.7. The van der Waals surface area contributed by atoms with E-state index in [1.807, 2.05) is 21.6 Å². The highest BCUT2D eigenvalue weighted by Gasteiger charge is 2.40. The molecule has 10 heteroatoms. The summed E-state index contributed by atoms with van der Waals surface area (Å²) >= 11 is 1.62. The summed E-state index contributed by atoms with van der Waals surface area (Å²) in [6.45, 7) is 6.26. The van der Waals surface area contributed by atoms with Gasteiger partial charge in [-0.05, 0) is 18.4 Å². The van der Waals surface area contributed by atoms with Crippen LogP contribution in [0.25, 0.3) is 0 Å². The van der Waals surface area contributed by atoms with Crippen LogP contribution in [0.5, 0.6) is 0 Å². The van der Waals surface area contributed by atoms with Crippen molar-refractivity contribution in [3.8, 4) is 0 Å². The zero-order valence-corrected chi connectivity index (χ0v) is 19.2. The molecule has 0 saturated carbocycles. The first-order chi connectivity index (χ1) is 16.1. The average Bonchev–Trinajstić information content (AvgIpc) is 3.55. The molecule has 0 aliphatic carbocycles. The van der Waals surface area contributed by atoms with Gasteiger partial charge in [-0.15, -0.1) is 28.1 Å². The molecule has 3 heterocycles. The number of aryl methyl sites for hydroxylation is 1. The molecule has 4 rings (SSSR count). The molecule has 3 aromatic rings. The van der Waals surface area contributed by atoms with E-state index in [0.717, 1.165) is 36.8 Å². The van der Waals surface area contributed by atoms with E-state index in [-0.39, 0.29) is 17.8 Å². The van der Waals surface area contributed by atoms with E-state index in [9.17, 15) is 4.79 Å². The Balaban J connectivity index is 0.000000968. The highest BCUT2D eigenvalue weighted by molar-refractivity contribution is 7.13. The van der Waals surface area contributed by atoms with Crippen LogP contribution in [0, 0.1) is 0 Å². The number of hydrogen-bond donors (Lipinski definition) is 2. The predicted octanol–water partition coefficient (Wildman–Crippen LogP) is 3.03. The minimum absolute atomic E-state index is 0.170. The second kappa shape index (κ2) is 11.9. The number of nitrogens with zero attached hydrogens (tertiary/aromatic N) is 5. The molecule has 0 radical (unpaired) electrons. The van der Waals surface area contributed by atoms with Crippen LogP contribution in [0.3, 0.4) is 0 Å². The van der Waals surface area contributed by atoms with Crippen molar-refractivity contribution in [2.45, 2.75) is 31.2 Å². The highest BCUT2D eigenvalue weighted by atomic mass is 32.1. The van der Waals surface area contributed by atoms with Gasteiger partial charge in [-0.3, -0.25) is 9.59 Å². The van der Waals surface area contributed by atoms with Gasteiger partial charge < -0.3 is 19.9 Å². The van der Waals surface area contributed by atoms with Crippen molar-refractivity contribution < 1.29 is 14.7 Å². The number of amides is 1. The first kappa shape index (κ1) is 24.1. The van der Waals surface area contributed by atoms with Gasteiger partial charge >= 0.3 is 0 Å². The number of rotatable bonds is 8. The summed E-state index contributed by atoms with van der Waals surface area (Å²) in [5.74, 6) is 0.178. The van der Waals surface area contributed by atoms with Gasteiger partial charge in [0.15, 0.2) is 5.13 Å². The monoisotopic (exact) mass is 468 g/mol. The summed E-state index contributed by atoms with van der Waals surface area (Å²) in [4.78, 5) is 28.0. The largest absolute Gasteiger partial charge is 0.483 e. The Kier molecular flexibility index (Phi) is 8.71. The third-order valence-corrected chi connectivity index (χ3v) is 6.54. The molecule has 1 amide bonds. The lowest BCUT2D eigenvalue weighted by atomic mass is 9.70. The number of likely N-dealkylation sites (tertiary alicyclic amines) is 1. The van der Waals surface area contributed by atoms with Crippen molar-refractivity contribution in [3.63, 3.8) is 0 Å². The zero-order valence-electron chi connectivity index (χ0n) is 18.3. The van der Waals surface area contributed by atoms with Crippen molar-refractivity contribution in [2.75, 3.05) is 25.0 Å². The minimum Gasteiger partial charge on any atom is -0.483 e. The number of benzene rings is 1. The smallest absolute Gasteiger partial charge is 0.290 e. The van der Waals surface area contributed by atoms with E-state index in [4.69, 9.17) is 14.9 Å². The summed E-state index contributed by atoms with van der Waals surface area (Å²) in [6, 6.07) is 10.6. The van der Waals surface area contributed by atoms with E-state index < -0.39 is 0 Å². The van der Waals surface area contributed by atoms with Crippen LogP contribution in [0.2, 0.25) is 0 Å². The molecule has 1 aromatic carbocycles. The maximum atomic E-state index is 12.7. The third-order valence-electron chi connectivity index (χ3n) is 5.74. The fraction of sp³-hybridized carbons (Fsp3) is 0.348. The van der Waals surface area contributed by atoms with Crippen molar-refractivity contribution in [1.29, 1.82) is 0 Å². The van der Waals surface area contributed by atoms with Gasteiger partial charge in [-0.2, -0.15) is 0 Å². The SMILES string of the molecule is C=CCNc1nc(C2(c3ccccc3)CCN(C(=O)CCn3cnnc3)CC2)cs1.O=CO. The molecule has 1 saturated heterocycles. The van der Waals surface area contributed by atoms with Crippen LogP contribution >= 0.6 is 11.3 Å². The first-order valence-electron chi connectivity index (χ1n) is 10.7. The summed E-state index contributed by atoms with van der Waals surface area (Å²) in [5.41, 5.74) is 2.18. The predicted molar refractivity (Wildman–Crippen MR) is 127 cm³/mol. The van der Waals surface area contributed by atoms with Crippen LogP contribution in [0.15, 0.2) is 61.0 Å². The number of thiazole rings is 1. The van der Waals surface area contributed by atoms with Gasteiger partial charge in [0.25, 0.3) is 6.47 Å². The van der Waals surface area contributed by atoms with E-state index in [2.05, 4.69) is 51.7 Å². The molecule has 1 aliphatic heterocycles. The van der Waals surface area contributed by atoms with Gasteiger partial charge in [-0.25, -0.2) is 4.98 Å². The number of carbonyl (C=O) groups is 2. The molecule has 174 valence electrons. The molecule has 0 spiro atoms. The third kappa shape index (κ3) is 6.04. The molecule has 0 bridgehead atoms. The molecular formula is C23H28N6O3S. The molecule has 9 nitrogen and oxygen atoms in total. The Hall–Kier alpha value is -3.53. The molecule has 1 fully saturated rings. The summed E-state index contributed by atoms with van der Waals surface area (Å²) in [7, 11) is 0. The molecule has 33 heavy (non-hydrogen) atoms. The second-order valence-electron chi connectivity index (χ2n) is 7.59. The summed E-state index contributed by atoms with van der Waals surface area (Å²) in [5, 5.41) is 20.8. The lowest BCUT2D eigenvalue weighted by molar-refractivity contribution is -0.133. The topological polar surface area (TPSA) is 113 Å². The summed E-state index contributed by atoms with van der Waals surface area (Å²) < 4.78 is 1.84. The second-order valence-corrected chi connectivity index (χ2v) is 8.45. The van der Waals surface area contributed by atoms with Crippen molar-refractivity contribution >= 4 is 28.8 Å². The number of carbonyl (C=O) groups excluding carboxylic acids is 1. The molecule has 1 aliphatic rings. The highest BCUT2D eigenvalue weighted by Crippen LogP contribution is 2.42. The van der Waals surface area contributed by atoms with Crippen LogP contribution < -0.4 is 5.32 Å². The van der Waals surface area contributed by atoms with E-state index >= 15 is 0 Å². The van der Waals surface area contributed by atoms with E-state index in [0.29, 0.717) is 19.5 Å². The van der Waals surface area contributed by atoms with E-state index in [1.54, 1.807) is 24.0 Å². The van der Waals surface area contributed by atoms with Gasteiger partial charge in [-0.1, -0.05) is 36.4 Å². The molecule has 0 unspecified atom stereocenters. The van der Waals surface area contributed by atoms with Gasteiger partial charge in [0.05, 0.1) is 5.69 Å². The van der Waals surface area contributed by atoms with Crippen molar-refractivity contribution in [1.82, 2.24) is 24.6 Å². The van der Waals surface area contributed by atoms with Crippen LogP contribution in [-0.2, 0) is 21.5 Å². The number of piperidine rings is 1. The minimum atomic E-state index is -0.250. The number of hydrogen-bond acceptors (Lipinski definition) is 7.